The number of aromatic nitrogens is 1. The number of likely N-dealkylation sites (tertiary alicyclic amines) is 1. The van der Waals surface area contributed by atoms with Gasteiger partial charge in [-0.25, -0.2) is 0 Å². The van der Waals surface area contributed by atoms with Crippen LogP contribution in [0, 0.1) is 26.7 Å². The number of hydrogen-bond donors (Lipinski definition) is 2. The Morgan fingerprint density at radius 1 is 1.27 bits per heavy atom. The van der Waals surface area contributed by atoms with E-state index in [9.17, 15) is 4.79 Å². The maximum atomic E-state index is 13.0. The number of aromatic amines is 1. The van der Waals surface area contributed by atoms with Gasteiger partial charge in [-0.1, -0.05) is 13.0 Å². The Labute approximate surface area is 132 Å². The van der Waals surface area contributed by atoms with Crippen LogP contribution in [0.4, 0.5) is 0 Å². The number of fused-ring (bicyclic) bond motifs is 1. The molecule has 1 unspecified atom stereocenters. The maximum Gasteiger partial charge on any atom is 0.198 e. The van der Waals surface area contributed by atoms with Crippen molar-refractivity contribution < 1.29 is 4.90 Å². The molecule has 1 aliphatic heterocycles. The molecular weight excluding hydrogens is 272 g/mol. The molecule has 0 aliphatic carbocycles. The molecule has 2 N–H and O–H groups in total. The van der Waals surface area contributed by atoms with E-state index in [0.29, 0.717) is 0 Å². The van der Waals surface area contributed by atoms with E-state index in [1.807, 2.05) is 13.0 Å². The van der Waals surface area contributed by atoms with Crippen molar-refractivity contribution in [1.82, 2.24) is 4.98 Å². The van der Waals surface area contributed by atoms with Crippen molar-refractivity contribution in [1.29, 1.82) is 0 Å². The summed E-state index contributed by atoms with van der Waals surface area (Å²) >= 11 is 0. The molecular formula is C19H27N2O+. The highest BCUT2D eigenvalue weighted by atomic mass is 16.1. The fourth-order valence-corrected chi connectivity index (χ4v) is 3.93. The van der Waals surface area contributed by atoms with Gasteiger partial charge in [-0.05, 0) is 50.8 Å². The fraction of sp³-hybridized carbons (Fsp3) is 0.526. The smallest absolute Gasteiger partial charge is 0.198 e. The molecule has 2 atom stereocenters. The summed E-state index contributed by atoms with van der Waals surface area (Å²) in [6.07, 6.45) is 2.61. The van der Waals surface area contributed by atoms with E-state index in [1.165, 1.54) is 25.9 Å². The van der Waals surface area contributed by atoms with E-state index in [1.54, 1.807) is 4.90 Å². The number of rotatable bonds is 2. The van der Waals surface area contributed by atoms with E-state index >= 15 is 0 Å². The second-order valence-corrected chi connectivity index (χ2v) is 7.19. The van der Waals surface area contributed by atoms with Gasteiger partial charge < -0.3 is 9.88 Å². The van der Waals surface area contributed by atoms with Crippen LogP contribution in [0.25, 0.3) is 10.9 Å². The molecule has 0 saturated carbocycles. The zero-order valence-corrected chi connectivity index (χ0v) is 14.2. The molecule has 3 heteroatoms. The average Bonchev–Trinajstić information content (AvgIpc) is 2.45. The van der Waals surface area contributed by atoms with Gasteiger partial charge in [0, 0.05) is 17.0 Å². The Kier molecular flexibility index (Phi) is 4.09. The summed E-state index contributed by atoms with van der Waals surface area (Å²) in [7, 11) is 0. The van der Waals surface area contributed by atoms with E-state index in [-0.39, 0.29) is 5.43 Å². The minimum absolute atomic E-state index is 0.226. The van der Waals surface area contributed by atoms with Crippen molar-refractivity contribution in [3.05, 3.63) is 44.7 Å². The number of hydrogen-bond acceptors (Lipinski definition) is 1. The summed E-state index contributed by atoms with van der Waals surface area (Å²) in [5.74, 6) is 0.771. The van der Waals surface area contributed by atoms with Crippen molar-refractivity contribution in [2.24, 2.45) is 5.92 Å². The second-order valence-electron chi connectivity index (χ2n) is 7.19. The average molecular weight is 299 g/mol. The Hall–Kier alpha value is -1.61. The molecule has 0 radical (unpaired) electrons. The first-order chi connectivity index (χ1) is 10.5. The molecule has 0 bridgehead atoms. The minimum atomic E-state index is 0.226. The number of H-pyrrole nitrogens is 1. The quantitative estimate of drug-likeness (QED) is 0.877. The van der Waals surface area contributed by atoms with E-state index < -0.39 is 0 Å². The lowest BCUT2D eigenvalue weighted by atomic mass is 9.98. The standard InChI is InChI=1S/C19H26N2O/c1-12-6-5-7-21(10-12)11-17-15(4)20-18-14(3)8-13(2)9-16(18)19(17)22/h8-9,12H,5-7,10-11H2,1-4H3,(H,20,22)/p+1/t12-/m0/s1. The van der Waals surface area contributed by atoms with Crippen LogP contribution in [-0.2, 0) is 6.54 Å². The monoisotopic (exact) mass is 299 g/mol. The second kappa shape index (κ2) is 5.88. The lowest BCUT2D eigenvalue weighted by Gasteiger charge is -2.28. The lowest BCUT2D eigenvalue weighted by molar-refractivity contribution is -0.922. The van der Waals surface area contributed by atoms with Crippen LogP contribution < -0.4 is 10.3 Å². The highest BCUT2D eigenvalue weighted by molar-refractivity contribution is 5.83. The van der Waals surface area contributed by atoms with Gasteiger partial charge in [0.1, 0.15) is 6.54 Å². The minimum Gasteiger partial charge on any atom is -0.358 e. The van der Waals surface area contributed by atoms with Crippen LogP contribution >= 0.6 is 0 Å². The molecule has 118 valence electrons. The van der Waals surface area contributed by atoms with Crippen LogP contribution in [-0.4, -0.2) is 18.1 Å². The molecule has 3 nitrogen and oxygen atoms in total. The van der Waals surface area contributed by atoms with E-state index in [2.05, 4.69) is 31.8 Å². The zero-order valence-electron chi connectivity index (χ0n) is 14.2. The lowest BCUT2D eigenvalue weighted by Crippen LogP contribution is -3.12. The molecule has 1 aromatic heterocycles. The topological polar surface area (TPSA) is 37.3 Å². The van der Waals surface area contributed by atoms with Gasteiger partial charge in [-0.2, -0.15) is 0 Å². The van der Waals surface area contributed by atoms with Gasteiger partial charge in [0.25, 0.3) is 0 Å². The first-order valence-electron chi connectivity index (χ1n) is 8.42. The molecule has 1 fully saturated rings. The molecule has 3 rings (SSSR count). The summed E-state index contributed by atoms with van der Waals surface area (Å²) in [6.45, 7) is 11.7. The van der Waals surface area contributed by atoms with Gasteiger partial charge in [-0.15, -0.1) is 0 Å². The molecule has 1 saturated heterocycles. The molecule has 0 spiro atoms. The summed E-state index contributed by atoms with van der Waals surface area (Å²) in [5, 5.41) is 0.850. The molecule has 22 heavy (non-hydrogen) atoms. The predicted octanol–water partition coefficient (Wildman–Crippen LogP) is 2.27. The fourth-order valence-electron chi connectivity index (χ4n) is 3.93. The van der Waals surface area contributed by atoms with Crippen LogP contribution in [0.5, 0.6) is 0 Å². The molecule has 2 aromatic rings. The summed E-state index contributed by atoms with van der Waals surface area (Å²) in [6, 6.07) is 4.16. The molecule has 2 heterocycles. The largest absolute Gasteiger partial charge is 0.358 e. The Morgan fingerprint density at radius 2 is 2.05 bits per heavy atom. The first-order valence-corrected chi connectivity index (χ1v) is 8.42. The highest BCUT2D eigenvalue weighted by Gasteiger charge is 2.22. The number of pyridine rings is 1. The number of quaternary nitrogens is 1. The molecule has 1 aliphatic rings. The van der Waals surface area contributed by atoms with Gasteiger partial charge >= 0.3 is 0 Å². The van der Waals surface area contributed by atoms with E-state index in [0.717, 1.165) is 45.7 Å². The third-order valence-corrected chi connectivity index (χ3v) is 5.05. The van der Waals surface area contributed by atoms with Crippen molar-refractivity contribution in [2.75, 3.05) is 13.1 Å². The first kappa shape index (κ1) is 15.3. The summed E-state index contributed by atoms with van der Waals surface area (Å²) in [5.41, 5.74) is 5.55. The van der Waals surface area contributed by atoms with Gasteiger partial charge in [0.05, 0.1) is 24.2 Å². The maximum absolute atomic E-state index is 13.0. The Balaban J connectivity index is 2.04. The van der Waals surface area contributed by atoms with Gasteiger partial charge in [0.2, 0.25) is 0 Å². The van der Waals surface area contributed by atoms with Crippen molar-refractivity contribution in [2.45, 2.75) is 47.1 Å². The number of aryl methyl sites for hydroxylation is 3. The highest BCUT2D eigenvalue weighted by Crippen LogP contribution is 2.17. The van der Waals surface area contributed by atoms with Gasteiger partial charge in [0.15, 0.2) is 5.43 Å². The SMILES string of the molecule is Cc1cc(C)c2[nH]c(C)c(C[NH+]3CCC[C@H](C)C3)c(=O)c2c1. The third kappa shape index (κ3) is 2.82. The predicted molar refractivity (Wildman–Crippen MR) is 91.6 cm³/mol. The summed E-state index contributed by atoms with van der Waals surface area (Å²) < 4.78 is 0. The van der Waals surface area contributed by atoms with Crippen LogP contribution in [0.1, 0.15) is 42.1 Å². The Morgan fingerprint density at radius 3 is 2.77 bits per heavy atom. The van der Waals surface area contributed by atoms with Crippen LogP contribution in [0.3, 0.4) is 0 Å². The van der Waals surface area contributed by atoms with Crippen LogP contribution in [0.2, 0.25) is 0 Å². The normalized spacial score (nSPS) is 22.2. The molecule has 0 amide bonds. The Bertz CT molecular complexity index is 760. The van der Waals surface area contributed by atoms with Crippen molar-refractivity contribution in [3.63, 3.8) is 0 Å². The van der Waals surface area contributed by atoms with Crippen molar-refractivity contribution in [3.8, 4) is 0 Å². The number of nitrogens with one attached hydrogen (secondary N) is 2. The number of benzene rings is 1. The molecule has 1 aromatic carbocycles. The summed E-state index contributed by atoms with van der Waals surface area (Å²) in [4.78, 5) is 18.0. The third-order valence-electron chi connectivity index (χ3n) is 5.05. The zero-order chi connectivity index (χ0) is 15.9. The van der Waals surface area contributed by atoms with Crippen LogP contribution in [0.15, 0.2) is 16.9 Å². The number of piperidine rings is 1. The van der Waals surface area contributed by atoms with E-state index in [4.69, 9.17) is 0 Å². The van der Waals surface area contributed by atoms with Gasteiger partial charge in [-0.3, -0.25) is 4.79 Å². The van der Waals surface area contributed by atoms with Crippen molar-refractivity contribution >= 4 is 10.9 Å².